The average Bonchev–Trinajstić information content (AvgIpc) is 2.38. The molecule has 7 nitrogen and oxygen atoms in total. The first-order chi connectivity index (χ1) is 9.69. The molecule has 0 saturated heterocycles. The van der Waals surface area contributed by atoms with Crippen molar-refractivity contribution < 1.29 is 23.1 Å². The van der Waals surface area contributed by atoms with Crippen molar-refractivity contribution in [3.05, 3.63) is 29.3 Å². The number of hydrogen-bond acceptors (Lipinski definition) is 4. The van der Waals surface area contributed by atoms with Crippen LogP contribution in [0.25, 0.3) is 0 Å². The molecule has 1 atom stereocenters. The Morgan fingerprint density at radius 2 is 2.00 bits per heavy atom. The van der Waals surface area contributed by atoms with Crippen LogP contribution in [-0.2, 0) is 14.8 Å². The predicted molar refractivity (Wildman–Crippen MR) is 76.3 cm³/mol. The first-order valence-electron chi connectivity index (χ1n) is 6.32. The number of rotatable bonds is 7. The Labute approximate surface area is 123 Å². The molecule has 0 radical (unpaired) electrons. The van der Waals surface area contributed by atoms with Crippen molar-refractivity contribution in [1.82, 2.24) is 4.72 Å². The van der Waals surface area contributed by atoms with E-state index in [1.165, 1.54) is 18.2 Å². The summed E-state index contributed by atoms with van der Waals surface area (Å²) in [5.74, 6) is -2.59. The number of nitrogens with one attached hydrogen (secondary N) is 1. The van der Waals surface area contributed by atoms with E-state index < -0.39 is 27.8 Å². The zero-order chi connectivity index (χ0) is 16.2. The number of hydrogen-bond donors (Lipinski definition) is 3. The third-order valence-electron chi connectivity index (χ3n) is 3.15. The standard InChI is InChI=1S/C13H18N2O5S/c1-3-9(13(17)18)7-15-21(19,20)10-5-4-8(2)11(6-10)12(14)16/h4-6,9,15H,3,7H2,1-2H3,(H2,14,16)(H,17,18). The van der Waals surface area contributed by atoms with Gasteiger partial charge >= 0.3 is 5.97 Å². The lowest BCUT2D eigenvalue weighted by Gasteiger charge is -2.12. The molecule has 0 aliphatic heterocycles. The van der Waals surface area contributed by atoms with Crippen LogP contribution >= 0.6 is 0 Å². The van der Waals surface area contributed by atoms with Gasteiger partial charge in [-0.2, -0.15) is 0 Å². The van der Waals surface area contributed by atoms with Crippen LogP contribution < -0.4 is 10.5 Å². The number of nitrogens with two attached hydrogens (primary N) is 1. The molecular weight excluding hydrogens is 296 g/mol. The Kier molecular flexibility index (Phi) is 5.45. The van der Waals surface area contributed by atoms with Gasteiger partial charge < -0.3 is 10.8 Å². The fraction of sp³-hybridized carbons (Fsp3) is 0.385. The second kappa shape index (κ2) is 6.68. The summed E-state index contributed by atoms with van der Waals surface area (Å²) >= 11 is 0. The Hall–Kier alpha value is -1.93. The lowest BCUT2D eigenvalue weighted by atomic mass is 10.1. The van der Waals surface area contributed by atoms with Crippen LogP contribution in [0.1, 0.15) is 29.3 Å². The number of carbonyl (C=O) groups excluding carboxylic acids is 1. The number of carboxylic acid groups (broad SMARTS) is 1. The lowest BCUT2D eigenvalue weighted by molar-refractivity contribution is -0.141. The maximum absolute atomic E-state index is 12.1. The number of carboxylic acids is 1. The second-order valence-electron chi connectivity index (χ2n) is 4.64. The molecule has 1 aromatic rings. The Morgan fingerprint density at radius 3 is 2.48 bits per heavy atom. The molecule has 1 amide bonds. The fourth-order valence-electron chi connectivity index (χ4n) is 1.73. The highest BCUT2D eigenvalue weighted by atomic mass is 32.2. The third-order valence-corrected chi connectivity index (χ3v) is 4.57. The molecule has 0 heterocycles. The summed E-state index contributed by atoms with van der Waals surface area (Å²) in [6.07, 6.45) is 0.304. The topological polar surface area (TPSA) is 127 Å². The first kappa shape index (κ1) is 17.1. The van der Waals surface area contributed by atoms with Gasteiger partial charge in [0.2, 0.25) is 15.9 Å². The van der Waals surface area contributed by atoms with Crippen LogP contribution in [0.3, 0.4) is 0 Å². The van der Waals surface area contributed by atoms with E-state index >= 15 is 0 Å². The van der Waals surface area contributed by atoms with E-state index in [1.54, 1.807) is 13.8 Å². The van der Waals surface area contributed by atoms with Crippen LogP contribution in [-0.4, -0.2) is 31.9 Å². The number of aliphatic carboxylic acids is 1. The quantitative estimate of drug-likeness (QED) is 0.675. The van der Waals surface area contributed by atoms with E-state index in [0.29, 0.717) is 12.0 Å². The van der Waals surface area contributed by atoms with Crippen molar-refractivity contribution in [3.63, 3.8) is 0 Å². The van der Waals surface area contributed by atoms with E-state index in [2.05, 4.69) is 4.72 Å². The number of aryl methyl sites for hydroxylation is 1. The second-order valence-corrected chi connectivity index (χ2v) is 6.40. The average molecular weight is 314 g/mol. The van der Waals surface area contributed by atoms with Gasteiger partial charge in [-0.25, -0.2) is 13.1 Å². The monoisotopic (exact) mass is 314 g/mol. The maximum atomic E-state index is 12.1. The van der Waals surface area contributed by atoms with Gasteiger partial charge in [0.1, 0.15) is 0 Å². The van der Waals surface area contributed by atoms with Gasteiger partial charge in [0.05, 0.1) is 10.8 Å². The summed E-state index contributed by atoms with van der Waals surface area (Å²) in [5.41, 5.74) is 5.86. The van der Waals surface area contributed by atoms with Crippen LogP contribution in [0, 0.1) is 12.8 Å². The van der Waals surface area contributed by atoms with E-state index in [9.17, 15) is 18.0 Å². The number of benzene rings is 1. The smallest absolute Gasteiger partial charge is 0.307 e. The molecule has 0 fully saturated rings. The maximum Gasteiger partial charge on any atom is 0.307 e. The van der Waals surface area contributed by atoms with Gasteiger partial charge in [0.15, 0.2) is 0 Å². The summed E-state index contributed by atoms with van der Waals surface area (Å²) < 4.78 is 26.4. The minimum atomic E-state index is -3.89. The van der Waals surface area contributed by atoms with Gasteiger partial charge in [-0.15, -0.1) is 0 Å². The summed E-state index contributed by atoms with van der Waals surface area (Å²) in [7, 11) is -3.89. The first-order valence-corrected chi connectivity index (χ1v) is 7.80. The Bertz CT molecular complexity index is 655. The summed E-state index contributed by atoms with van der Waals surface area (Å²) in [4.78, 5) is 22.0. The van der Waals surface area contributed by atoms with E-state index in [1.807, 2.05) is 0 Å². The molecule has 0 spiro atoms. The number of carbonyl (C=O) groups is 2. The van der Waals surface area contributed by atoms with Crippen molar-refractivity contribution >= 4 is 21.9 Å². The Morgan fingerprint density at radius 1 is 1.38 bits per heavy atom. The largest absolute Gasteiger partial charge is 0.481 e. The lowest BCUT2D eigenvalue weighted by Crippen LogP contribution is -2.32. The molecule has 4 N–H and O–H groups in total. The van der Waals surface area contributed by atoms with Crippen molar-refractivity contribution in [2.45, 2.75) is 25.2 Å². The predicted octanol–water partition coefficient (Wildman–Crippen LogP) is 0.483. The van der Waals surface area contributed by atoms with Crippen molar-refractivity contribution in [2.24, 2.45) is 11.7 Å². The fourth-order valence-corrected chi connectivity index (χ4v) is 2.84. The van der Waals surface area contributed by atoms with E-state index in [0.717, 1.165) is 0 Å². The molecule has 0 aromatic heterocycles. The molecule has 21 heavy (non-hydrogen) atoms. The minimum Gasteiger partial charge on any atom is -0.481 e. The molecule has 0 saturated carbocycles. The molecule has 1 aromatic carbocycles. The van der Waals surface area contributed by atoms with E-state index in [-0.39, 0.29) is 17.0 Å². The van der Waals surface area contributed by atoms with Gasteiger partial charge in [-0.3, -0.25) is 9.59 Å². The van der Waals surface area contributed by atoms with Gasteiger partial charge in [0, 0.05) is 12.1 Å². The van der Waals surface area contributed by atoms with Gasteiger partial charge in [-0.1, -0.05) is 13.0 Å². The SMILES string of the molecule is CCC(CNS(=O)(=O)c1ccc(C)c(C(N)=O)c1)C(=O)O. The number of amides is 1. The molecular formula is C13H18N2O5S. The van der Waals surface area contributed by atoms with Crippen molar-refractivity contribution in [1.29, 1.82) is 0 Å². The van der Waals surface area contributed by atoms with Crippen LogP contribution in [0.2, 0.25) is 0 Å². The molecule has 1 unspecified atom stereocenters. The van der Waals surface area contributed by atoms with Crippen molar-refractivity contribution in [2.75, 3.05) is 6.54 Å². The molecule has 8 heteroatoms. The molecule has 0 aliphatic carbocycles. The third kappa shape index (κ3) is 4.27. The molecule has 116 valence electrons. The van der Waals surface area contributed by atoms with Gasteiger partial charge in [0.25, 0.3) is 0 Å². The van der Waals surface area contributed by atoms with Crippen LogP contribution in [0.15, 0.2) is 23.1 Å². The summed E-state index contributed by atoms with van der Waals surface area (Å²) in [6.45, 7) is 3.08. The highest BCUT2D eigenvalue weighted by Crippen LogP contribution is 2.15. The zero-order valence-electron chi connectivity index (χ0n) is 11.8. The molecule has 0 aliphatic rings. The molecule has 0 bridgehead atoms. The highest BCUT2D eigenvalue weighted by molar-refractivity contribution is 7.89. The highest BCUT2D eigenvalue weighted by Gasteiger charge is 2.21. The number of primary amides is 1. The van der Waals surface area contributed by atoms with Crippen LogP contribution in [0.4, 0.5) is 0 Å². The zero-order valence-corrected chi connectivity index (χ0v) is 12.6. The van der Waals surface area contributed by atoms with Crippen LogP contribution in [0.5, 0.6) is 0 Å². The number of sulfonamides is 1. The van der Waals surface area contributed by atoms with E-state index in [4.69, 9.17) is 10.8 Å². The molecule has 1 rings (SSSR count). The summed E-state index contributed by atoms with van der Waals surface area (Å²) in [6, 6.07) is 4.00. The summed E-state index contributed by atoms with van der Waals surface area (Å²) in [5, 5.41) is 8.90. The minimum absolute atomic E-state index is 0.114. The van der Waals surface area contributed by atoms with Crippen molar-refractivity contribution in [3.8, 4) is 0 Å². The normalized spacial score (nSPS) is 12.9. The van der Waals surface area contributed by atoms with Gasteiger partial charge in [-0.05, 0) is 31.0 Å². The Balaban J connectivity index is 3.01.